The topological polar surface area (TPSA) is 26.3 Å². The highest BCUT2D eigenvalue weighted by atomic mass is 16.6. The minimum absolute atomic E-state index is 0.376. The first-order chi connectivity index (χ1) is 12.3. The van der Waals surface area contributed by atoms with E-state index in [-0.39, 0.29) is 5.97 Å². The van der Waals surface area contributed by atoms with Gasteiger partial charge in [-0.05, 0) is 6.92 Å². The van der Waals surface area contributed by atoms with Crippen molar-refractivity contribution in [2.75, 3.05) is 0 Å². The maximum Gasteiger partial charge on any atom is 0.331 e. The molecule has 0 aromatic heterocycles. The van der Waals surface area contributed by atoms with Crippen molar-refractivity contribution in [3.05, 3.63) is 120 Å². The molecule has 0 spiro atoms. The van der Waals surface area contributed by atoms with E-state index in [0.717, 1.165) is 16.7 Å². The predicted molar refractivity (Wildman–Crippen MR) is 100 cm³/mol. The Morgan fingerprint density at radius 3 is 1.40 bits per heavy atom. The third-order valence-corrected chi connectivity index (χ3v) is 4.10. The smallest absolute Gasteiger partial charge is 0.331 e. The van der Waals surface area contributed by atoms with Crippen LogP contribution in [0.3, 0.4) is 0 Å². The standard InChI is InChI=1S/C23H20O2/c1-2-12-22(24)25-23(19-13-6-3-7-14-19,20-15-8-4-9-16-20)21-17-10-5-11-18-21/h2-18H,1H3/b12-2+. The molecule has 0 radical (unpaired) electrons. The van der Waals surface area contributed by atoms with Crippen molar-refractivity contribution < 1.29 is 9.53 Å². The molecule has 25 heavy (non-hydrogen) atoms. The monoisotopic (exact) mass is 328 g/mol. The minimum atomic E-state index is -1.000. The molecular weight excluding hydrogens is 308 g/mol. The molecule has 0 fully saturated rings. The molecule has 2 nitrogen and oxygen atoms in total. The summed E-state index contributed by atoms with van der Waals surface area (Å²) in [5.74, 6) is -0.376. The number of allylic oxidation sites excluding steroid dienone is 1. The summed E-state index contributed by atoms with van der Waals surface area (Å²) in [5, 5.41) is 0. The number of carbonyl (C=O) groups excluding carboxylic acids is 1. The molecule has 0 bridgehead atoms. The van der Waals surface area contributed by atoms with Crippen LogP contribution in [0.5, 0.6) is 0 Å². The van der Waals surface area contributed by atoms with Crippen molar-refractivity contribution >= 4 is 5.97 Å². The van der Waals surface area contributed by atoms with E-state index >= 15 is 0 Å². The third-order valence-electron chi connectivity index (χ3n) is 4.10. The summed E-state index contributed by atoms with van der Waals surface area (Å²) in [6.45, 7) is 1.80. The Hall–Kier alpha value is -3.13. The lowest BCUT2D eigenvalue weighted by atomic mass is 9.80. The van der Waals surface area contributed by atoms with Crippen LogP contribution in [0.15, 0.2) is 103 Å². The van der Waals surface area contributed by atoms with Gasteiger partial charge < -0.3 is 4.74 Å². The van der Waals surface area contributed by atoms with Gasteiger partial charge in [-0.15, -0.1) is 0 Å². The van der Waals surface area contributed by atoms with E-state index in [1.54, 1.807) is 13.0 Å². The maximum absolute atomic E-state index is 12.5. The van der Waals surface area contributed by atoms with E-state index in [4.69, 9.17) is 4.74 Å². The molecule has 0 aliphatic rings. The van der Waals surface area contributed by atoms with Crippen LogP contribution in [0.25, 0.3) is 0 Å². The minimum Gasteiger partial charge on any atom is -0.441 e. The average Bonchev–Trinajstić information content (AvgIpc) is 2.68. The second-order valence-corrected chi connectivity index (χ2v) is 5.70. The van der Waals surface area contributed by atoms with Crippen LogP contribution in [-0.2, 0) is 15.1 Å². The van der Waals surface area contributed by atoms with Gasteiger partial charge in [-0.2, -0.15) is 0 Å². The average molecular weight is 328 g/mol. The molecule has 124 valence electrons. The largest absolute Gasteiger partial charge is 0.441 e. The molecule has 0 saturated carbocycles. The van der Waals surface area contributed by atoms with Crippen molar-refractivity contribution in [3.8, 4) is 0 Å². The van der Waals surface area contributed by atoms with Crippen LogP contribution in [0.1, 0.15) is 23.6 Å². The lowest BCUT2D eigenvalue weighted by molar-refractivity contribution is -0.147. The number of benzene rings is 3. The number of ether oxygens (including phenoxy) is 1. The van der Waals surface area contributed by atoms with Gasteiger partial charge in [-0.25, -0.2) is 4.79 Å². The van der Waals surface area contributed by atoms with E-state index in [1.807, 2.05) is 91.0 Å². The molecule has 0 unspecified atom stereocenters. The molecule has 3 rings (SSSR count). The Morgan fingerprint density at radius 1 is 0.720 bits per heavy atom. The van der Waals surface area contributed by atoms with Crippen LogP contribution in [-0.4, -0.2) is 5.97 Å². The fourth-order valence-corrected chi connectivity index (χ4v) is 3.02. The Bertz CT molecular complexity index is 740. The summed E-state index contributed by atoms with van der Waals surface area (Å²) < 4.78 is 6.11. The second kappa shape index (κ2) is 7.63. The van der Waals surface area contributed by atoms with Crippen LogP contribution >= 0.6 is 0 Å². The normalized spacial score (nSPS) is 11.4. The first-order valence-corrected chi connectivity index (χ1v) is 8.29. The van der Waals surface area contributed by atoms with Crippen molar-refractivity contribution in [1.29, 1.82) is 0 Å². The van der Waals surface area contributed by atoms with E-state index in [2.05, 4.69) is 0 Å². The molecule has 3 aromatic rings. The van der Waals surface area contributed by atoms with Gasteiger partial charge in [0, 0.05) is 22.8 Å². The molecule has 0 aliphatic carbocycles. The van der Waals surface area contributed by atoms with Gasteiger partial charge >= 0.3 is 5.97 Å². The number of hydrogen-bond acceptors (Lipinski definition) is 2. The van der Waals surface area contributed by atoms with Crippen molar-refractivity contribution in [1.82, 2.24) is 0 Å². The zero-order valence-electron chi connectivity index (χ0n) is 14.1. The van der Waals surface area contributed by atoms with Gasteiger partial charge in [0.1, 0.15) is 0 Å². The molecule has 0 aliphatic heterocycles. The first-order valence-electron chi connectivity index (χ1n) is 8.29. The molecule has 3 aromatic carbocycles. The summed E-state index contributed by atoms with van der Waals surface area (Å²) in [7, 11) is 0. The SMILES string of the molecule is C/C=C/C(=O)OC(c1ccccc1)(c1ccccc1)c1ccccc1. The van der Waals surface area contributed by atoms with Crippen molar-refractivity contribution in [3.63, 3.8) is 0 Å². The first kappa shape index (κ1) is 16.7. The lowest BCUT2D eigenvalue weighted by Crippen LogP contribution is -2.34. The van der Waals surface area contributed by atoms with E-state index in [1.165, 1.54) is 6.08 Å². The summed E-state index contributed by atoms with van der Waals surface area (Å²) in [5.41, 5.74) is 1.72. The van der Waals surface area contributed by atoms with E-state index < -0.39 is 5.60 Å². The summed E-state index contributed by atoms with van der Waals surface area (Å²) in [6.07, 6.45) is 3.14. The Kier molecular flexibility index (Phi) is 5.10. The van der Waals surface area contributed by atoms with E-state index in [0.29, 0.717) is 0 Å². The van der Waals surface area contributed by atoms with E-state index in [9.17, 15) is 4.79 Å². The number of carbonyl (C=O) groups is 1. The molecule has 2 heteroatoms. The predicted octanol–water partition coefficient (Wildman–Crippen LogP) is 5.10. The van der Waals surface area contributed by atoms with Gasteiger partial charge in [0.25, 0.3) is 0 Å². The maximum atomic E-state index is 12.5. The van der Waals surface area contributed by atoms with Crippen LogP contribution < -0.4 is 0 Å². The molecule has 0 amide bonds. The van der Waals surface area contributed by atoms with Gasteiger partial charge in [-0.3, -0.25) is 0 Å². The summed E-state index contributed by atoms with van der Waals surface area (Å²) >= 11 is 0. The van der Waals surface area contributed by atoms with Gasteiger partial charge in [0.15, 0.2) is 5.60 Å². The third kappa shape index (κ3) is 3.38. The molecule has 0 atom stereocenters. The Labute approximate surface area is 148 Å². The van der Waals surface area contributed by atoms with Crippen LogP contribution in [0.2, 0.25) is 0 Å². The quantitative estimate of drug-likeness (QED) is 0.370. The molecule has 0 saturated heterocycles. The lowest BCUT2D eigenvalue weighted by Gasteiger charge is -2.35. The fraction of sp³-hybridized carbons (Fsp3) is 0.0870. The van der Waals surface area contributed by atoms with Gasteiger partial charge in [0.2, 0.25) is 0 Å². The van der Waals surface area contributed by atoms with Gasteiger partial charge in [-0.1, -0.05) is 97.1 Å². The number of hydrogen-bond donors (Lipinski definition) is 0. The molecular formula is C23H20O2. The van der Waals surface area contributed by atoms with Crippen LogP contribution in [0, 0.1) is 0 Å². The highest BCUT2D eigenvalue weighted by molar-refractivity contribution is 5.83. The summed E-state index contributed by atoms with van der Waals surface area (Å²) in [4.78, 5) is 12.5. The molecule has 0 heterocycles. The Morgan fingerprint density at radius 2 is 1.08 bits per heavy atom. The van der Waals surface area contributed by atoms with Crippen molar-refractivity contribution in [2.45, 2.75) is 12.5 Å². The Balaban J connectivity index is 2.29. The highest BCUT2D eigenvalue weighted by Crippen LogP contribution is 2.40. The molecule has 0 N–H and O–H groups in total. The van der Waals surface area contributed by atoms with Crippen LogP contribution in [0.4, 0.5) is 0 Å². The van der Waals surface area contributed by atoms with Crippen molar-refractivity contribution in [2.24, 2.45) is 0 Å². The highest BCUT2D eigenvalue weighted by Gasteiger charge is 2.39. The number of esters is 1. The zero-order chi connectivity index (χ0) is 17.5. The van der Waals surface area contributed by atoms with Gasteiger partial charge in [0.05, 0.1) is 0 Å². The second-order valence-electron chi connectivity index (χ2n) is 5.70. The zero-order valence-corrected chi connectivity index (χ0v) is 14.1. The number of rotatable bonds is 5. The summed E-state index contributed by atoms with van der Waals surface area (Å²) in [6, 6.07) is 29.6. The fourth-order valence-electron chi connectivity index (χ4n) is 3.02.